The van der Waals surface area contributed by atoms with Gasteiger partial charge in [0.25, 0.3) is 5.91 Å². The van der Waals surface area contributed by atoms with E-state index in [0.29, 0.717) is 17.1 Å². The van der Waals surface area contributed by atoms with Crippen LogP contribution in [-0.4, -0.2) is 32.0 Å². The predicted octanol–water partition coefficient (Wildman–Crippen LogP) is 5.83. The molecule has 0 radical (unpaired) electrons. The Balaban J connectivity index is 1.57. The molecule has 0 bridgehead atoms. The number of benzene rings is 2. The molecular weight excluding hydrogens is 486 g/mol. The minimum Gasteiger partial charge on any atom is -0.307 e. The maximum atomic E-state index is 13.5. The summed E-state index contributed by atoms with van der Waals surface area (Å²) in [5.41, 5.74) is 1.29. The lowest BCUT2D eigenvalue weighted by atomic mass is 10.1. The summed E-state index contributed by atoms with van der Waals surface area (Å²) >= 11 is 5.90. The molecule has 0 aliphatic carbocycles. The van der Waals surface area contributed by atoms with Gasteiger partial charge in [-0.05, 0) is 37.6 Å². The second kappa shape index (κ2) is 8.53. The van der Waals surface area contributed by atoms with Crippen LogP contribution in [0.2, 0.25) is 5.02 Å². The molecule has 1 saturated heterocycles. The van der Waals surface area contributed by atoms with Gasteiger partial charge in [-0.3, -0.25) is 9.48 Å². The first kappa shape index (κ1) is 23.1. The summed E-state index contributed by atoms with van der Waals surface area (Å²) in [5, 5.41) is 7.57. The van der Waals surface area contributed by atoms with E-state index in [1.54, 1.807) is 16.8 Å². The van der Waals surface area contributed by atoms with Gasteiger partial charge in [-0.1, -0.05) is 41.9 Å². The number of nitrogens with zero attached hydrogens (tertiary/aromatic N) is 5. The van der Waals surface area contributed by atoms with Crippen LogP contribution in [0.25, 0.3) is 16.9 Å². The van der Waals surface area contributed by atoms with Crippen molar-refractivity contribution in [3.05, 3.63) is 83.0 Å². The van der Waals surface area contributed by atoms with E-state index in [4.69, 9.17) is 11.6 Å². The van der Waals surface area contributed by atoms with E-state index >= 15 is 0 Å². The molecule has 35 heavy (non-hydrogen) atoms. The molecule has 1 aliphatic heterocycles. The highest BCUT2D eigenvalue weighted by Crippen LogP contribution is 2.40. The van der Waals surface area contributed by atoms with Crippen molar-refractivity contribution >= 4 is 23.2 Å². The number of halogens is 5. The Labute approximate surface area is 202 Å². The molecule has 6 nitrogen and oxygen atoms in total. The van der Waals surface area contributed by atoms with Crippen molar-refractivity contribution in [3.63, 3.8) is 0 Å². The third-order valence-corrected chi connectivity index (χ3v) is 6.43. The molecule has 2 aromatic carbocycles. The van der Waals surface area contributed by atoms with E-state index in [1.165, 1.54) is 30.2 Å². The van der Waals surface area contributed by atoms with Crippen molar-refractivity contribution in [3.8, 4) is 16.9 Å². The summed E-state index contributed by atoms with van der Waals surface area (Å²) in [6.07, 6.45) is -2.97. The van der Waals surface area contributed by atoms with Crippen LogP contribution < -0.4 is 4.90 Å². The van der Waals surface area contributed by atoms with E-state index in [1.807, 2.05) is 30.3 Å². The van der Waals surface area contributed by atoms with E-state index in [2.05, 4.69) is 10.2 Å². The van der Waals surface area contributed by atoms with Crippen molar-refractivity contribution in [1.29, 1.82) is 0 Å². The molecular formula is C24H18ClF4N5O. The van der Waals surface area contributed by atoms with Crippen LogP contribution in [0.15, 0.2) is 60.8 Å². The molecule has 1 unspecified atom stereocenters. The van der Waals surface area contributed by atoms with Gasteiger partial charge in [0, 0.05) is 12.1 Å². The fraction of sp³-hybridized carbons (Fsp3) is 0.208. The topological polar surface area (TPSA) is 56.0 Å². The van der Waals surface area contributed by atoms with Gasteiger partial charge in [0.1, 0.15) is 11.9 Å². The first-order valence-electron chi connectivity index (χ1n) is 10.7. The summed E-state index contributed by atoms with van der Waals surface area (Å²) in [5.74, 6) is -0.816. The number of rotatable bonds is 4. The number of hydrogen-bond acceptors (Lipinski definition) is 3. The highest BCUT2D eigenvalue weighted by Gasteiger charge is 2.42. The lowest BCUT2D eigenvalue weighted by Gasteiger charge is -2.19. The second-order valence-electron chi connectivity index (χ2n) is 8.12. The molecule has 1 fully saturated rings. The van der Waals surface area contributed by atoms with Gasteiger partial charge in [0.05, 0.1) is 34.0 Å². The maximum Gasteiger partial charge on any atom is 0.436 e. The summed E-state index contributed by atoms with van der Waals surface area (Å²) < 4.78 is 56.1. The molecule has 0 saturated carbocycles. The van der Waals surface area contributed by atoms with Crippen LogP contribution >= 0.6 is 11.6 Å². The Morgan fingerprint density at radius 3 is 2.37 bits per heavy atom. The molecule has 180 valence electrons. The quantitative estimate of drug-likeness (QED) is 0.329. The number of amides is 1. The zero-order chi connectivity index (χ0) is 24.9. The number of hydrogen-bond donors (Lipinski definition) is 0. The molecule has 0 N–H and O–H groups in total. The molecule has 3 heterocycles. The molecule has 1 amide bonds. The number of anilines is 1. The zero-order valence-electron chi connectivity index (χ0n) is 18.3. The fourth-order valence-corrected chi connectivity index (χ4v) is 4.53. The lowest BCUT2D eigenvalue weighted by molar-refractivity contribution is -0.141. The SMILES string of the molecule is Cc1c(Cl)c(C(F)(F)F)nn1C1CCN(c2cnn(-c3ccc(F)cc3)c2-c2ccccc2)C1=O. The Bertz CT molecular complexity index is 1400. The van der Waals surface area contributed by atoms with E-state index in [-0.39, 0.29) is 18.7 Å². The second-order valence-corrected chi connectivity index (χ2v) is 8.50. The Kier molecular flexibility index (Phi) is 5.63. The summed E-state index contributed by atoms with van der Waals surface area (Å²) in [6, 6.07) is 14.0. The molecule has 1 atom stereocenters. The molecule has 1 aliphatic rings. The molecule has 11 heteroatoms. The summed E-state index contributed by atoms with van der Waals surface area (Å²) in [6.45, 7) is 1.65. The lowest BCUT2D eigenvalue weighted by Crippen LogP contribution is -2.29. The summed E-state index contributed by atoms with van der Waals surface area (Å²) in [4.78, 5) is 14.9. The standard InChI is InChI=1S/C24H18ClF4N5O/c1-14-20(25)22(24(27,28)29)31-33(14)18-11-12-32(23(18)35)19-13-30-34(17-9-7-16(26)8-10-17)21(19)15-5-3-2-4-6-15/h2-10,13,18H,11-12H2,1H3. The summed E-state index contributed by atoms with van der Waals surface area (Å²) in [7, 11) is 0. The maximum absolute atomic E-state index is 13.5. The highest BCUT2D eigenvalue weighted by atomic mass is 35.5. The normalized spacial score (nSPS) is 16.3. The predicted molar refractivity (Wildman–Crippen MR) is 122 cm³/mol. The third kappa shape index (κ3) is 3.97. The van der Waals surface area contributed by atoms with Gasteiger partial charge in [-0.25, -0.2) is 9.07 Å². The minimum atomic E-state index is -4.73. The van der Waals surface area contributed by atoms with E-state index in [9.17, 15) is 22.4 Å². The van der Waals surface area contributed by atoms with Crippen LogP contribution in [0.1, 0.15) is 23.9 Å². The first-order chi connectivity index (χ1) is 16.7. The molecule has 5 rings (SSSR count). The van der Waals surface area contributed by atoms with Crippen molar-refractivity contribution in [2.24, 2.45) is 0 Å². The van der Waals surface area contributed by atoms with Crippen molar-refractivity contribution in [1.82, 2.24) is 19.6 Å². The Morgan fingerprint density at radius 2 is 1.74 bits per heavy atom. The number of aromatic nitrogens is 4. The van der Waals surface area contributed by atoms with Crippen LogP contribution in [0.4, 0.5) is 23.2 Å². The van der Waals surface area contributed by atoms with Crippen LogP contribution in [-0.2, 0) is 11.0 Å². The molecule has 2 aromatic heterocycles. The number of carbonyl (C=O) groups excluding carboxylic acids is 1. The van der Waals surface area contributed by atoms with Crippen molar-refractivity contribution in [2.75, 3.05) is 11.4 Å². The molecule has 0 spiro atoms. The van der Waals surface area contributed by atoms with E-state index < -0.39 is 34.7 Å². The average molecular weight is 504 g/mol. The van der Waals surface area contributed by atoms with Crippen molar-refractivity contribution < 1.29 is 22.4 Å². The van der Waals surface area contributed by atoms with Crippen molar-refractivity contribution in [2.45, 2.75) is 25.6 Å². The fourth-order valence-electron chi connectivity index (χ4n) is 4.30. The minimum absolute atomic E-state index is 0.0736. The average Bonchev–Trinajstić information content (AvgIpc) is 3.50. The Hall–Kier alpha value is -3.66. The van der Waals surface area contributed by atoms with Crippen LogP contribution in [0.5, 0.6) is 0 Å². The third-order valence-electron chi connectivity index (χ3n) is 5.98. The van der Waals surface area contributed by atoms with Gasteiger partial charge < -0.3 is 4.90 Å². The highest BCUT2D eigenvalue weighted by molar-refractivity contribution is 6.32. The van der Waals surface area contributed by atoms with Gasteiger partial charge in [0.2, 0.25) is 0 Å². The monoisotopic (exact) mass is 503 g/mol. The van der Waals surface area contributed by atoms with Gasteiger partial charge in [-0.15, -0.1) is 0 Å². The zero-order valence-corrected chi connectivity index (χ0v) is 19.1. The number of carbonyl (C=O) groups is 1. The smallest absolute Gasteiger partial charge is 0.307 e. The largest absolute Gasteiger partial charge is 0.436 e. The Morgan fingerprint density at radius 1 is 1.06 bits per heavy atom. The van der Waals surface area contributed by atoms with Crippen LogP contribution in [0.3, 0.4) is 0 Å². The van der Waals surface area contributed by atoms with Crippen LogP contribution in [0, 0.1) is 12.7 Å². The van der Waals surface area contributed by atoms with E-state index in [0.717, 1.165) is 10.2 Å². The van der Waals surface area contributed by atoms with Gasteiger partial charge in [-0.2, -0.15) is 23.4 Å². The van der Waals surface area contributed by atoms with Gasteiger partial charge >= 0.3 is 6.18 Å². The first-order valence-corrected chi connectivity index (χ1v) is 11.1. The number of alkyl halides is 3. The van der Waals surface area contributed by atoms with Gasteiger partial charge in [0.15, 0.2) is 5.69 Å². The molecule has 4 aromatic rings.